The molecule has 3 saturated heterocycles. The number of nitrogens with one attached hydrogen (secondary N) is 1. The fraction of sp³-hybridized carbons (Fsp3) is 0.913. The second-order valence-corrected chi connectivity index (χ2v) is 10.4. The molecule has 2 saturated carbocycles. The van der Waals surface area contributed by atoms with Crippen LogP contribution in [-0.2, 0) is 14.3 Å². The van der Waals surface area contributed by atoms with Gasteiger partial charge in [0.1, 0.15) is 0 Å². The molecule has 0 aromatic heterocycles. The summed E-state index contributed by atoms with van der Waals surface area (Å²) >= 11 is 0. The number of carbonyl (C=O) groups excluding carboxylic acids is 2. The van der Waals surface area contributed by atoms with Gasteiger partial charge in [-0.25, -0.2) is 0 Å². The zero-order valence-electron chi connectivity index (χ0n) is 17.9. The molecule has 29 heavy (non-hydrogen) atoms. The predicted octanol–water partition coefficient (Wildman–Crippen LogP) is 2.17. The average molecular weight is 404 g/mol. The van der Waals surface area contributed by atoms with Crippen LogP contribution in [0.4, 0.5) is 0 Å². The second-order valence-electron chi connectivity index (χ2n) is 10.4. The Labute approximate surface area is 174 Å². The third-order valence-electron chi connectivity index (χ3n) is 8.48. The van der Waals surface area contributed by atoms with Crippen LogP contribution in [0.25, 0.3) is 0 Å². The largest absolute Gasteiger partial charge is 0.377 e. The van der Waals surface area contributed by atoms with Gasteiger partial charge in [0.25, 0.3) is 0 Å². The van der Waals surface area contributed by atoms with Gasteiger partial charge < -0.3 is 19.9 Å². The summed E-state index contributed by atoms with van der Waals surface area (Å²) < 4.78 is 5.82. The number of carbonyl (C=O) groups is 2. The van der Waals surface area contributed by atoms with Crippen molar-refractivity contribution in [3.05, 3.63) is 0 Å². The molecule has 6 heteroatoms. The number of amides is 2. The fourth-order valence-corrected chi connectivity index (χ4v) is 6.14. The van der Waals surface area contributed by atoms with E-state index < -0.39 is 0 Å². The minimum absolute atomic E-state index is 0.0949. The molecule has 3 heterocycles. The fourth-order valence-electron chi connectivity index (χ4n) is 6.14. The first kappa shape index (κ1) is 19.8. The number of hydrogen-bond acceptors (Lipinski definition) is 4. The van der Waals surface area contributed by atoms with Crippen molar-refractivity contribution in [2.45, 2.75) is 82.9 Å². The lowest BCUT2D eigenvalue weighted by atomic mass is 9.75. The van der Waals surface area contributed by atoms with Crippen LogP contribution in [-0.4, -0.2) is 72.6 Å². The Kier molecular flexibility index (Phi) is 5.35. The van der Waals surface area contributed by atoms with E-state index in [0.29, 0.717) is 62.1 Å². The molecule has 162 valence electrons. The minimum atomic E-state index is -0.0949. The summed E-state index contributed by atoms with van der Waals surface area (Å²) in [7, 11) is 0. The molecule has 5 aliphatic rings. The highest BCUT2D eigenvalue weighted by molar-refractivity contribution is 5.85. The number of piperazine rings is 1. The summed E-state index contributed by atoms with van der Waals surface area (Å²) in [6.07, 6.45) is 10.5. The van der Waals surface area contributed by atoms with E-state index in [1.807, 2.05) is 9.80 Å². The van der Waals surface area contributed by atoms with Gasteiger partial charge in [-0.15, -0.1) is 0 Å². The summed E-state index contributed by atoms with van der Waals surface area (Å²) in [6, 6.07) is 1.18. The van der Waals surface area contributed by atoms with Gasteiger partial charge in [0.15, 0.2) is 0 Å². The number of fused-ring (bicyclic) bond motifs is 1. The SMILES string of the molecule is CC1(C(=O)N2CCN(C(=O)C3CCC(C4CCC5OCCC5N4)CC3)CC2)CC1. The van der Waals surface area contributed by atoms with E-state index >= 15 is 0 Å². The molecule has 5 fully saturated rings. The van der Waals surface area contributed by atoms with Crippen LogP contribution < -0.4 is 5.32 Å². The van der Waals surface area contributed by atoms with E-state index in [9.17, 15) is 9.59 Å². The molecule has 0 aromatic rings. The van der Waals surface area contributed by atoms with Crippen molar-refractivity contribution in [2.24, 2.45) is 17.3 Å². The zero-order chi connectivity index (χ0) is 20.0. The van der Waals surface area contributed by atoms with Gasteiger partial charge in [0.05, 0.1) is 6.10 Å². The van der Waals surface area contributed by atoms with Crippen LogP contribution >= 0.6 is 0 Å². The molecule has 6 nitrogen and oxygen atoms in total. The van der Waals surface area contributed by atoms with Gasteiger partial charge in [-0.2, -0.15) is 0 Å². The van der Waals surface area contributed by atoms with E-state index in [4.69, 9.17) is 4.74 Å². The Bertz CT molecular complexity index is 633. The van der Waals surface area contributed by atoms with Gasteiger partial charge in [-0.1, -0.05) is 6.92 Å². The van der Waals surface area contributed by atoms with E-state index in [2.05, 4.69) is 12.2 Å². The molecule has 2 amide bonds. The Hall–Kier alpha value is -1.14. The lowest BCUT2D eigenvalue weighted by Crippen LogP contribution is -2.54. The molecule has 1 N–H and O–H groups in total. The minimum Gasteiger partial charge on any atom is -0.377 e. The van der Waals surface area contributed by atoms with Crippen molar-refractivity contribution < 1.29 is 14.3 Å². The molecule has 3 unspecified atom stereocenters. The molecule has 3 aliphatic heterocycles. The molecular formula is C23H37N3O3. The summed E-state index contributed by atoms with van der Waals surface area (Å²) in [6.45, 7) is 5.85. The maximum atomic E-state index is 13.1. The van der Waals surface area contributed by atoms with Crippen molar-refractivity contribution in [2.75, 3.05) is 32.8 Å². The smallest absolute Gasteiger partial charge is 0.228 e. The molecule has 0 radical (unpaired) electrons. The summed E-state index contributed by atoms with van der Waals surface area (Å²) in [5, 5.41) is 3.87. The molecular weight excluding hydrogens is 366 g/mol. The molecule has 5 rings (SSSR count). The van der Waals surface area contributed by atoms with Crippen molar-refractivity contribution in [3.8, 4) is 0 Å². The Morgan fingerprint density at radius 2 is 1.55 bits per heavy atom. The normalized spacial score (nSPS) is 39.1. The van der Waals surface area contributed by atoms with Gasteiger partial charge >= 0.3 is 0 Å². The van der Waals surface area contributed by atoms with E-state index in [1.165, 1.54) is 25.7 Å². The van der Waals surface area contributed by atoms with Crippen molar-refractivity contribution in [1.82, 2.24) is 15.1 Å². The topological polar surface area (TPSA) is 61.9 Å². The first-order chi connectivity index (χ1) is 14.0. The van der Waals surface area contributed by atoms with Crippen LogP contribution in [0, 0.1) is 17.3 Å². The second kappa shape index (κ2) is 7.84. The Morgan fingerprint density at radius 1 is 0.862 bits per heavy atom. The van der Waals surface area contributed by atoms with E-state index in [0.717, 1.165) is 38.7 Å². The van der Waals surface area contributed by atoms with Crippen LogP contribution in [0.15, 0.2) is 0 Å². The van der Waals surface area contributed by atoms with Crippen LogP contribution in [0.2, 0.25) is 0 Å². The number of rotatable bonds is 3. The molecule has 3 atom stereocenters. The Morgan fingerprint density at radius 3 is 2.24 bits per heavy atom. The van der Waals surface area contributed by atoms with Gasteiger partial charge in [-0.05, 0) is 63.7 Å². The van der Waals surface area contributed by atoms with Crippen molar-refractivity contribution in [3.63, 3.8) is 0 Å². The highest BCUT2D eigenvalue weighted by Crippen LogP contribution is 2.46. The predicted molar refractivity (Wildman–Crippen MR) is 110 cm³/mol. The standard InChI is InChI=1S/C23H37N3O3/c1-23(9-10-23)22(28)26-13-11-25(12-14-26)21(27)17-4-2-16(3-5-17)18-6-7-20-19(24-18)8-15-29-20/h16-20,24H,2-15H2,1H3. The highest BCUT2D eigenvalue weighted by Gasteiger charge is 2.47. The third kappa shape index (κ3) is 3.95. The molecule has 0 spiro atoms. The number of piperidine rings is 1. The van der Waals surface area contributed by atoms with Crippen molar-refractivity contribution >= 4 is 11.8 Å². The summed E-state index contributed by atoms with van der Waals surface area (Å²) in [5.41, 5.74) is -0.0949. The first-order valence-corrected chi connectivity index (χ1v) is 12.0. The van der Waals surface area contributed by atoms with Crippen LogP contribution in [0.5, 0.6) is 0 Å². The highest BCUT2D eigenvalue weighted by atomic mass is 16.5. The van der Waals surface area contributed by atoms with Crippen molar-refractivity contribution in [1.29, 1.82) is 0 Å². The average Bonchev–Trinajstić information content (AvgIpc) is 3.34. The van der Waals surface area contributed by atoms with E-state index in [-0.39, 0.29) is 11.3 Å². The summed E-state index contributed by atoms with van der Waals surface area (Å²) in [4.78, 5) is 29.6. The van der Waals surface area contributed by atoms with Crippen LogP contribution in [0.3, 0.4) is 0 Å². The maximum Gasteiger partial charge on any atom is 0.228 e. The number of ether oxygens (including phenoxy) is 1. The monoisotopic (exact) mass is 403 g/mol. The summed E-state index contributed by atoms with van der Waals surface area (Å²) in [5.74, 6) is 1.56. The third-order valence-corrected chi connectivity index (χ3v) is 8.48. The lowest BCUT2D eigenvalue weighted by Gasteiger charge is -2.41. The molecule has 0 bridgehead atoms. The lowest BCUT2D eigenvalue weighted by molar-refractivity contribution is -0.145. The molecule has 0 aromatic carbocycles. The quantitative estimate of drug-likeness (QED) is 0.785. The first-order valence-electron chi connectivity index (χ1n) is 12.0. The van der Waals surface area contributed by atoms with E-state index in [1.54, 1.807) is 0 Å². The van der Waals surface area contributed by atoms with Gasteiger partial charge in [-0.3, -0.25) is 9.59 Å². The zero-order valence-corrected chi connectivity index (χ0v) is 17.9. The van der Waals surface area contributed by atoms with Crippen LogP contribution in [0.1, 0.15) is 64.7 Å². The Balaban J connectivity index is 1.07. The maximum absolute atomic E-state index is 13.1. The number of nitrogens with zero attached hydrogens (tertiary/aromatic N) is 2. The number of hydrogen-bond donors (Lipinski definition) is 1. The molecule has 2 aliphatic carbocycles. The van der Waals surface area contributed by atoms with Gasteiger partial charge in [0, 0.05) is 56.2 Å². The van der Waals surface area contributed by atoms with Gasteiger partial charge in [0.2, 0.25) is 11.8 Å².